The molecule has 3 heterocycles. The van der Waals surface area contributed by atoms with Crippen LogP contribution in [0, 0.1) is 29.1 Å². The van der Waals surface area contributed by atoms with E-state index < -0.39 is 34.6 Å². The number of anilines is 1. The van der Waals surface area contributed by atoms with Crippen molar-refractivity contribution in [1.29, 1.82) is 0 Å². The Kier molecular flexibility index (Phi) is 4.92. The van der Waals surface area contributed by atoms with Gasteiger partial charge in [0.05, 0.1) is 11.6 Å². The molecule has 35 heavy (non-hydrogen) atoms. The topological polar surface area (TPSA) is 15.5 Å². The summed E-state index contributed by atoms with van der Waals surface area (Å²) in [5.41, 5.74) is 2.19. The lowest BCUT2D eigenvalue weighted by Crippen LogP contribution is -2.29. The Morgan fingerprint density at radius 3 is 2.23 bits per heavy atom. The van der Waals surface area contributed by atoms with Crippen LogP contribution in [0.3, 0.4) is 0 Å². The average Bonchev–Trinajstić information content (AvgIpc) is 3.46. The number of nitrogens with zero attached hydrogens (tertiary/aromatic N) is 2. The normalized spacial score (nSPS) is 15.7. The molecule has 0 amide bonds. The third-order valence-corrected chi connectivity index (χ3v) is 7.33. The fourth-order valence-electron chi connectivity index (χ4n) is 5.54. The van der Waals surface area contributed by atoms with E-state index in [1.165, 1.54) is 0 Å². The van der Waals surface area contributed by atoms with Crippen LogP contribution in [0.1, 0.15) is 36.1 Å². The van der Waals surface area contributed by atoms with Crippen LogP contribution < -0.4 is 24.8 Å². The molecule has 3 aliphatic rings. The number of halogens is 5. The van der Waals surface area contributed by atoms with E-state index in [0.29, 0.717) is 35.1 Å². The van der Waals surface area contributed by atoms with Crippen molar-refractivity contribution >= 4 is 11.3 Å². The van der Waals surface area contributed by atoms with E-state index in [1.54, 1.807) is 24.3 Å². The molecule has 0 fully saturated rings. The minimum absolute atomic E-state index is 0.0375. The number of hydrogen-bond donors (Lipinski definition) is 0. The number of rotatable bonds is 3. The molecule has 180 valence electrons. The molecule has 0 N–H and O–H groups in total. The van der Waals surface area contributed by atoms with Gasteiger partial charge in [0.15, 0.2) is 23.3 Å². The van der Waals surface area contributed by atoms with Gasteiger partial charge in [-0.25, -0.2) is 26.5 Å². The zero-order chi connectivity index (χ0) is 24.6. The number of likely N-dealkylation sites (N-methyl/N-ethyl adjacent to an activating group) is 2. The molecule has 0 atom stereocenters. The first-order valence-corrected chi connectivity index (χ1v) is 11.7. The monoisotopic (exact) mass is 485 g/mol. The summed E-state index contributed by atoms with van der Waals surface area (Å²) in [6.45, 7) is 7.16. The first kappa shape index (κ1) is 22.1. The van der Waals surface area contributed by atoms with E-state index in [0.717, 1.165) is 48.4 Å². The van der Waals surface area contributed by atoms with Gasteiger partial charge < -0.3 is 9.64 Å². The van der Waals surface area contributed by atoms with Crippen molar-refractivity contribution in [2.24, 2.45) is 0 Å². The molecular weight excluding hydrogens is 463 g/mol. The largest absolute Gasteiger partial charge is 0.456 e. The van der Waals surface area contributed by atoms with Crippen LogP contribution in [0.5, 0.6) is 11.5 Å². The highest BCUT2D eigenvalue weighted by atomic mass is 19.2. The summed E-state index contributed by atoms with van der Waals surface area (Å²) in [6.07, 6.45) is 1.42. The van der Waals surface area contributed by atoms with Crippen molar-refractivity contribution in [2.75, 3.05) is 31.1 Å². The van der Waals surface area contributed by atoms with Gasteiger partial charge in [-0.05, 0) is 38.0 Å². The molecule has 0 radical (unpaired) electrons. The van der Waals surface area contributed by atoms with Crippen LogP contribution in [0.25, 0.3) is 5.57 Å². The van der Waals surface area contributed by atoms with Crippen molar-refractivity contribution in [3.05, 3.63) is 86.2 Å². The molecule has 3 aliphatic heterocycles. The van der Waals surface area contributed by atoms with Crippen LogP contribution in [0.2, 0.25) is 0 Å². The Morgan fingerprint density at radius 2 is 1.54 bits per heavy atom. The van der Waals surface area contributed by atoms with Crippen molar-refractivity contribution in [2.45, 2.75) is 26.7 Å². The quantitative estimate of drug-likeness (QED) is 0.187. The number of fused-ring (bicyclic) bond motifs is 4. The molecular formula is C27H22F5N2O+. The number of ether oxygens (including phenoxy) is 1. The smallest absolute Gasteiger partial charge is 0.207 e. The molecule has 6 rings (SSSR count). The maximum atomic E-state index is 15.2. The van der Waals surface area contributed by atoms with Crippen molar-refractivity contribution in [1.82, 2.24) is 4.58 Å². The maximum Gasteiger partial charge on any atom is 0.207 e. The number of hydrogen-bond acceptors (Lipinski definition) is 2. The van der Waals surface area contributed by atoms with E-state index in [1.807, 2.05) is 13.8 Å². The average molecular weight is 485 g/mol. The summed E-state index contributed by atoms with van der Waals surface area (Å²) in [5, 5.41) is 1.27. The Balaban J connectivity index is 1.75. The highest BCUT2D eigenvalue weighted by Gasteiger charge is 2.34. The van der Waals surface area contributed by atoms with Gasteiger partial charge in [-0.1, -0.05) is 0 Å². The van der Waals surface area contributed by atoms with Crippen LogP contribution >= 0.6 is 0 Å². The molecule has 0 saturated carbocycles. The Bertz CT molecular complexity index is 1530. The van der Waals surface area contributed by atoms with Crippen LogP contribution in [0.4, 0.5) is 27.6 Å². The molecule has 0 aromatic heterocycles. The first-order chi connectivity index (χ1) is 16.8. The molecule has 0 aliphatic carbocycles. The Morgan fingerprint density at radius 1 is 0.829 bits per heavy atom. The molecule has 0 unspecified atom stereocenters. The van der Waals surface area contributed by atoms with Gasteiger partial charge in [0.1, 0.15) is 24.6 Å². The highest BCUT2D eigenvalue weighted by molar-refractivity contribution is 5.87. The van der Waals surface area contributed by atoms with E-state index in [4.69, 9.17) is 4.74 Å². The molecule has 8 heteroatoms. The second kappa shape index (κ2) is 7.80. The third-order valence-electron chi connectivity index (χ3n) is 7.33. The molecule has 3 aromatic rings. The molecule has 3 aromatic carbocycles. The summed E-state index contributed by atoms with van der Waals surface area (Å²) in [6, 6.07) is 7.15. The molecule has 0 spiro atoms. The van der Waals surface area contributed by atoms with Gasteiger partial charge in [0.2, 0.25) is 11.2 Å². The highest BCUT2D eigenvalue weighted by Crippen LogP contribution is 2.43. The summed E-state index contributed by atoms with van der Waals surface area (Å²) in [7, 11) is 0. The van der Waals surface area contributed by atoms with E-state index in [2.05, 4.69) is 9.48 Å². The van der Waals surface area contributed by atoms with Crippen LogP contribution in [-0.4, -0.2) is 26.2 Å². The minimum Gasteiger partial charge on any atom is -0.456 e. The Hall–Kier alpha value is -3.42. The predicted molar refractivity (Wildman–Crippen MR) is 122 cm³/mol. The van der Waals surface area contributed by atoms with Gasteiger partial charge >= 0.3 is 0 Å². The summed E-state index contributed by atoms with van der Waals surface area (Å²) < 4.78 is 81.3. The fraction of sp³-hybridized carbons (Fsp3) is 0.296. The van der Waals surface area contributed by atoms with E-state index in [-0.39, 0.29) is 5.57 Å². The maximum absolute atomic E-state index is 15.2. The summed E-state index contributed by atoms with van der Waals surface area (Å²) in [4.78, 5) is 2.16. The lowest BCUT2D eigenvalue weighted by atomic mass is 9.89. The van der Waals surface area contributed by atoms with Crippen LogP contribution in [0.15, 0.2) is 24.3 Å². The lowest BCUT2D eigenvalue weighted by Gasteiger charge is -2.24. The standard InChI is InChI=1S/C27H22F5N2O/c1-3-33-7-5-13-9-15-19(11-17(13)33)35-20-12-18-14(6-8-34(18)4-2)10-16(20)21(15)22-23(28)25(30)27(32)26(31)24(22)29/h9-12H,3-8H2,1-2H3/q+1. The fourth-order valence-corrected chi connectivity index (χ4v) is 5.54. The zero-order valence-corrected chi connectivity index (χ0v) is 19.2. The van der Waals surface area contributed by atoms with Gasteiger partial charge in [0.25, 0.3) is 0 Å². The van der Waals surface area contributed by atoms with Crippen molar-refractivity contribution in [3.8, 4) is 11.5 Å². The second-order valence-corrected chi connectivity index (χ2v) is 9.04. The predicted octanol–water partition coefficient (Wildman–Crippen LogP) is 4.18. The van der Waals surface area contributed by atoms with Gasteiger partial charge in [-0.3, -0.25) is 0 Å². The van der Waals surface area contributed by atoms with Crippen LogP contribution in [-0.2, 0) is 12.8 Å². The zero-order valence-electron chi connectivity index (χ0n) is 19.2. The third kappa shape index (κ3) is 3.04. The summed E-state index contributed by atoms with van der Waals surface area (Å²) in [5.74, 6) is -9.12. The molecule has 0 bridgehead atoms. The first-order valence-electron chi connectivity index (χ1n) is 11.7. The van der Waals surface area contributed by atoms with Gasteiger partial charge in [-0.15, -0.1) is 0 Å². The summed E-state index contributed by atoms with van der Waals surface area (Å²) >= 11 is 0. The molecule has 0 saturated heterocycles. The van der Waals surface area contributed by atoms with Gasteiger partial charge in [0, 0.05) is 53.2 Å². The second-order valence-electron chi connectivity index (χ2n) is 9.04. The lowest BCUT2D eigenvalue weighted by molar-refractivity contribution is 0.376. The molecule has 3 nitrogen and oxygen atoms in total. The van der Waals surface area contributed by atoms with Gasteiger partial charge in [-0.2, -0.15) is 0 Å². The number of benzene rings is 3. The van der Waals surface area contributed by atoms with E-state index >= 15 is 8.78 Å². The SMILES string of the molecule is CCN1CCc2cc3c(cc21)Oc1cc2c(cc1=C3c1c(F)c(F)c(F)c(F)c1F)CC[N+]=2CC. The van der Waals surface area contributed by atoms with Crippen molar-refractivity contribution < 1.29 is 26.7 Å². The Labute approximate surface area is 198 Å². The minimum atomic E-state index is -2.17. The van der Waals surface area contributed by atoms with Crippen molar-refractivity contribution in [3.63, 3.8) is 0 Å². The van der Waals surface area contributed by atoms with E-state index in [9.17, 15) is 13.2 Å².